The molecule has 2 atom stereocenters. The molecular formula is C23H29F6N3O2. The van der Waals surface area contributed by atoms with Crippen molar-refractivity contribution in [2.45, 2.75) is 82.2 Å². The number of anilines is 1. The minimum Gasteiger partial charge on any atom is -0.353 e. The zero-order valence-corrected chi connectivity index (χ0v) is 18.6. The highest BCUT2D eigenvalue weighted by molar-refractivity contribution is 5.91. The van der Waals surface area contributed by atoms with E-state index in [1.165, 1.54) is 0 Å². The minimum absolute atomic E-state index is 0.0193. The lowest BCUT2D eigenvalue weighted by atomic mass is 9.82. The Morgan fingerprint density at radius 2 is 1.41 bits per heavy atom. The van der Waals surface area contributed by atoms with E-state index in [1.807, 2.05) is 0 Å². The van der Waals surface area contributed by atoms with Crippen molar-refractivity contribution in [3.05, 3.63) is 29.3 Å². The predicted octanol–water partition coefficient (Wildman–Crippen LogP) is 5.25. The summed E-state index contributed by atoms with van der Waals surface area (Å²) in [5.74, 6) is -0.948. The Labute approximate surface area is 193 Å². The first kappa shape index (κ1) is 26.3. The maximum absolute atomic E-state index is 13.0. The van der Waals surface area contributed by atoms with Crippen molar-refractivity contribution in [2.75, 3.05) is 5.32 Å². The van der Waals surface area contributed by atoms with Gasteiger partial charge in [0.05, 0.1) is 17.0 Å². The molecule has 190 valence electrons. The van der Waals surface area contributed by atoms with Crippen molar-refractivity contribution in [1.29, 1.82) is 0 Å². The summed E-state index contributed by atoms with van der Waals surface area (Å²) in [7, 11) is 0. The molecule has 0 unspecified atom stereocenters. The Morgan fingerprint density at radius 1 is 0.853 bits per heavy atom. The Bertz CT molecular complexity index is 846. The van der Waals surface area contributed by atoms with Gasteiger partial charge in [0, 0.05) is 24.2 Å². The molecule has 0 aromatic heterocycles. The number of benzene rings is 1. The van der Waals surface area contributed by atoms with Crippen molar-refractivity contribution in [3.63, 3.8) is 0 Å². The average Bonchev–Trinajstić information content (AvgIpc) is 2.74. The molecule has 3 rings (SSSR count). The molecule has 0 spiro atoms. The summed E-state index contributed by atoms with van der Waals surface area (Å²) in [6.45, 7) is 0. The number of nitrogens with one attached hydrogen (secondary N) is 2. The van der Waals surface area contributed by atoms with Gasteiger partial charge in [-0.1, -0.05) is 12.8 Å². The molecule has 11 heteroatoms. The third kappa shape index (κ3) is 7.10. The number of rotatable bonds is 5. The third-order valence-corrected chi connectivity index (χ3v) is 6.69. The van der Waals surface area contributed by atoms with Crippen LogP contribution in [0.3, 0.4) is 0 Å². The standard InChI is InChI=1S/C23H29F6N3O2/c24-22(25,26)14-10-15(23(27,28)29)12-17(11-14)31-20(33)9-13-5-7-16(8-6-13)32-21(34)18-3-1-2-4-19(18)30/h10-13,16,18-19H,1-9,30H2,(H,31,33)(H,32,34)/t13?,16?,18-,19+/m1/s1. The first-order chi connectivity index (χ1) is 15.8. The van der Waals surface area contributed by atoms with Gasteiger partial charge in [0.15, 0.2) is 0 Å². The maximum Gasteiger partial charge on any atom is 0.416 e. The lowest BCUT2D eigenvalue weighted by Crippen LogP contribution is -2.47. The predicted molar refractivity (Wildman–Crippen MR) is 114 cm³/mol. The van der Waals surface area contributed by atoms with Crippen LogP contribution >= 0.6 is 0 Å². The highest BCUT2D eigenvalue weighted by Crippen LogP contribution is 2.38. The van der Waals surface area contributed by atoms with Crippen LogP contribution in [0.25, 0.3) is 0 Å². The van der Waals surface area contributed by atoms with Crippen molar-refractivity contribution in [3.8, 4) is 0 Å². The molecule has 4 N–H and O–H groups in total. The molecule has 2 aliphatic rings. The summed E-state index contributed by atoms with van der Waals surface area (Å²) in [4.78, 5) is 24.9. The van der Waals surface area contributed by atoms with E-state index in [-0.39, 0.29) is 42.3 Å². The number of carbonyl (C=O) groups excluding carboxylic acids is 2. The number of hydrogen-bond donors (Lipinski definition) is 3. The first-order valence-electron chi connectivity index (χ1n) is 11.5. The summed E-state index contributed by atoms with van der Waals surface area (Å²) < 4.78 is 78.0. The highest BCUT2D eigenvalue weighted by Gasteiger charge is 2.37. The fourth-order valence-corrected chi connectivity index (χ4v) is 4.81. The van der Waals surface area contributed by atoms with Gasteiger partial charge in [0.25, 0.3) is 0 Å². The molecule has 0 heterocycles. The van der Waals surface area contributed by atoms with E-state index in [0.29, 0.717) is 37.8 Å². The summed E-state index contributed by atoms with van der Waals surface area (Å²) >= 11 is 0. The van der Waals surface area contributed by atoms with Gasteiger partial charge < -0.3 is 16.4 Å². The van der Waals surface area contributed by atoms with Gasteiger partial charge in [-0.3, -0.25) is 9.59 Å². The van der Waals surface area contributed by atoms with Crippen LogP contribution in [-0.4, -0.2) is 23.9 Å². The van der Waals surface area contributed by atoms with Crippen molar-refractivity contribution in [2.24, 2.45) is 17.6 Å². The summed E-state index contributed by atoms with van der Waals surface area (Å²) in [5, 5.41) is 5.22. The number of nitrogens with two attached hydrogens (primary N) is 1. The second-order valence-electron chi connectivity index (χ2n) is 9.33. The Kier molecular flexibility index (Phi) is 8.15. The van der Waals surface area contributed by atoms with E-state index >= 15 is 0 Å². The number of hydrogen-bond acceptors (Lipinski definition) is 3. The summed E-state index contributed by atoms with van der Waals surface area (Å²) in [6.07, 6.45) is -3.86. The molecule has 2 saturated carbocycles. The molecule has 1 aromatic rings. The van der Waals surface area contributed by atoms with E-state index in [4.69, 9.17) is 5.73 Å². The molecule has 0 saturated heterocycles. The second-order valence-corrected chi connectivity index (χ2v) is 9.33. The van der Waals surface area contributed by atoms with Crippen LogP contribution in [0.15, 0.2) is 18.2 Å². The molecule has 0 radical (unpaired) electrons. The lowest BCUT2D eigenvalue weighted by Gasteiger charge is -2.32. The Morgan fingerprint density at radius 3 is 1.94 bits per heavy atom. The van der Waals surface area contributed by atoms with Gasteiger partial charge in [0.2, 0.25) is 11.8 Å². The van der Waals surface area contributed by atoms with Gasteiger partial charge in [-0.2, -0.15) is 26.3 Å². The molecule has 0 aliphatic heterocycles. The van der Waals surface area contributed by atoms with Gasteiger partial charge in [0.1, 0.15) is 0 Å². The number of amides is 2. The molecule has 2 amide bonds. The highest BCUT2D eigenvalue weighted by atomic mass is 19.4. The molecule has 2 aliphatic carbocycles. The van der Waals surface area contributed by atoms with E-state index in [0.717, 1.165) is 25.7 Å². The summed E-state index contributed by atoms with van der Waals surface area (Å²) in [6, 6.07) is 0.845. The van der Waals surface area contributed by atoms with Crippen molar-refractivity contribution >= 4 is 17.5 Å². The molecule has 0 bridgehead atoms. The smallest absolute Gasteiger partial charge is 0.353 e. The van der Waals surface area contributed by atoms with Crippen LogP contribution in [-0.2, 0) is 21.9 Å². The molecule has 5 nitrogen and oxygen atoms in total. The molecule has 2 fully saturated rings. The largest absolute Gasteiger partial charge is 0.416 e. The number of alkyl halides is 6. The maximum atomic E-state index is 13.0. The van der Waals surface area contributed by atoms with Crippen LogP contribution in [0.2, 0.25) is 0 Å². The van der Waals surface area contributed by atoms with Gasteiger partial charge in [-0.05, 0) is 62.6 Å². The second kappa shape index (κ2) is 10.5. The van der Waals surface area contributed by atoms with Gasteiger partial charge >= 0.3 is 12.4 Å². The Balaban J connectivity index is 1.52. The number of halogens is 6. The number of carbonyl (C=O) groups is 2. The van der Waals surface area contributed by atoms with Gasteiger partial charge in [-0.15, -0.1) is 0 Å². The van der Waals surface area contributed by atoms with Gasteiger partial charge in [-0.25, -0.2) is 0 Å². The quantitative estimate of drug-likeness (QED) is 0.490. The van der Waals surface area contributed by atoms with Crippen LogP contribution < -0.4 is 16.4 Å². The Hall–Kier alpha value is -2.30. The average molecular weight is 493 g/mol. The third-order valence-electron chi connectivity index (χ3n) is 6.69. The molecular weight excluding hydrogens is 464 g/mol. The molecule has 1 aromatic carbocycles. The zero-order valence-electron chi connectivity index (χ0n) is 18.6. The topological polar surface area (TPSA) is 84.2 Å². The van der Waals surface area contributed by atoms with Crippen LogP contribution in [0.4, 0.5) is 32.0 Å². The van der Waals surface area contributed by atoms with E-state index in [9.17, 15) is 35.9 Å². The minimum atomic E-state index is -4.98. The fraction of sp³-hybridized carbons (Fsp3) is 0.652. The lowest BCUT2D eigenvalue weighted by molar-refractivity contribution is -0.143. The molecule has 34 heavy (non-hydrogen) atoms. The summed E-state index contributed by atoms with van der Waals surface area (Å²) in [5.41, 5.74) is 2.56. The van der Waals surface area contributed by atoms with Crippen LogP contribution in [0.1, 0.15) is 68.9 Å². The van der Waals surface area contributed by atoms with Crippen LogP contribution in [0, 0.1) is 11.8 Å². The monoisotopic (exact) mass is 493 g/mol. The fourth-order valence-electron chi connectivity index (χ4n) is 4.81. The van der Waals surface area contributed by atoms with Crippen molar-refractivity contribution in [1.82, 2.24) is 5.32 Å². The normalized spacial score (nSPS) is 26.1. The SMILES string of the molecule is N[C@H]1CCCC[C@H]1C(=O)NC1CCC(CC(=O)Nc2cc(C(F)(F)F)cc(C(F)(F)F)c2)CC1. The van der Waals surface area contributed by atoms with E-state index < -0.39 is 35.1 Å². The first-order valence-corrected chi connectivity index (χ1v) is 11.5. The van der Waals surface area contributed by atoms with E-state index in [2.05, 4.69) is 10.6 Å². The zero-order chi connectivity index (χ0) is 25.1. The van der Waals surface area contributed by atoms with Crippen LogP contribution in [0.5, 0.6) is 0 Å². The van der Waals surface area contributed by atoms with E-state index in [1.54, 1.807) is 0 Å². The van der Waals surface area contributed by atoms with Crippen molar-refractivity contribution < 1.29 is 35.9 Å².